The number of carbonyl (C=O) groups is 2. The van der Waals surface area contributed by atoms with Crippen molar-refractivity contribution in [2.24, 2.45) is 5.73 Å². The summed E-state index contributed by atoms with van der Waals surface area (Å²) in [5.74, 6) is -1.01. The van der Waals surface area contributed by atoms with E-state index in [1.54, 1.807) is 0 Å². The summed E-state index contributed by atoms with van der Waals surface area (Å²) in [6.07, 6.45) is 7.09. The molecule has 2 rings (SSSR count). The first-order chi connectivity index (χ1) is 9.53. The van der Waals surface area contributed by atoms with Crippen LogP contribution in [-0.2, 0) is 4.79 Å². The summed E-state index contributed by atoms with van der Waals surface area (Å²) in [5.41, 5.74) is 4.16. The number of amides is 2. The molecule has 108 valence electrons. The molecule has 0 unspecified atom stereocenters. The summed E-state index contributed by atoms with van der Waals surface area (Å²) in [7, 11) is 0. The summed E-state index contributed by atoms with van der Waals surface area (Å²) in [6, 6.07) is 0. The molecule has 1 aliphatic carbocycles. The van der Waals surface area contributed by atoms with Crippen LogP contribution in [0.2, 0.25) is 0 Å². The molecule has 0 aromatic carbocycles. The van der Waals surface area contributed by atoms with Gasteiger partial charge in [-0.15, -0.1) is 0 Å². The van der Waals surface area contributed by atoms with Gasteiger partial charge in [0.2, 0.25) is 5.91 Å². The summed E-state index contributed by atoms with van der Waals surface area (Å²) in [4.78, 5) is 41.0. The SMILES string of the molecule is NC(=O)C1(NC(=O)c2c[nH]c(=O)cn2)CCCCCC1. The number of nitrogens with one attached hydrogen (secondary N) is 2. The van der Waals surface area contributed by atoms with Gasteiger partial charge in [-0.25, -0.2) is 4.98 Å². The number of hydrogen-bond donors (Lipinski definition) is 3. The average molecular weight is 278 g/mol. The highest BCUT2D eigenvalue weighted by molar-refractivity contribution is 5.97. The van der Waals surface area contributed by atoms with Crippen molar-refractivity contribution >= 4 is 11.8 Å². The molecule has 7 heteroatoms. The van der Waals surface area contributed by atoms with Gasteiger partial charge < -0.3 is 16.0 Å². The van der Waals surface area contributed by atoms with E-state index in [2.05, 4.69) is 15.3 Å². The molecule has 1 aromatic heterocycles. The Morgan fingerprint density at radius 3 is 2.40 bits per heavy atom. The molecule has 4 N–H and O–H groups in total. The number of nitrogens with two attached hydrogens (primary N) is 1. The molecule has 1 aromatic rings. The van der Waals surface area contributed by atoms with Gasteiger partial charge in [0, 0.05) is 6.20 Å². The van der Waals surface area contributed by atoms with Gasteiger partial charge in [-0.1, -0.05) is 25.7 Å². The minimum Gasteiger partial charge on any atom is -0.368 e. The van der Waals surface area contributed by atoms with Gasteiger partial charge >= 0.3 is 0 Å². The van der Waals surface area contributed by atoms with Crippen LogP contribution in [-0.4, -0.2) is 27.3 Å². The largest absolute Gasteiger partial charge is 0.368 e. The van der Waals surface area contributed by atoms with Crippen molar-refractivity contribution < 1.29 is 9.59 Å². The van der Waals surface area contributed by atoms with E-state index < -0.39 is 17.4 Å². The molecule has 1 aliphatic rings. The zero-order chi connectivity index (χ0) is 14.6. The second-order valence-corrected chi connectivity index (χ2v) is 5.11. The van der Waals surface area contributed by atoms with Crippen LogP contribution in [0.5, 0.6) is 0 Å². The van der Waals surface area contributed by atoms with Crippen molar-refractivity contribution in [3.8, 4) is 0 Å². The molecule has 0 aliphatic heterocycles. The number of hydrogen-bond acceptors (Lipinski definition) is 4. The maximum absolute atomic E-state index is 12.1. The quantitative estimate of drug-likeness (QED) is 0.678. The van der Waals surface area contributed by atoms with E-state index in [0.29, 0.717) is 12.8 Å². The zero-order valence-electron chi connectivity index (χ0n) is 11.1. The van der Waals surface area contributed by atoms with Crippen molar-refractivity contribution in [1.82, 2.24) is 15.3 Å². The second kappa shape index (κ2) is 5.85. The first-order valence-corrected chi connectivity index (χ1v) is 6.71. The summed E-state index contributed by atoms with van der Waals surface area (Å²) < 4.78 is 0. The maximum Gasteiger partial charge on any atom is 0.272 e. The highest BCUT2D eigenvalue weighted by atomic mass is 16.2. The standard InChI is InChI=1S/C13H18N4O3/c14-12(20)13(5-3-1-2-4-6-13)17-11(19)9-7-16-10(18)8-15-9/h7-8H,1-6H2,(H2,14,20)(H,16,18)(H,17,19). The van der Waals surface area contributed by atoms with Gasteiger partial charge in [-0.05, 0) is 12.8 Å². The number of H-pyrrole nitrogens is 1. The third-order valence-corrected chi connectivity index (χ3v) is 3.69. The van der Waals surface area contributed by atoms with Crippen LogP contribution in [0.25, 0.3) is 0 Å². The Morgan fingerprint density at radius 2 is 1.90 bits per heavy atom. The number of aromatic amines is 1. The van der Waals surface area contributed by atoms with Crippen molar-refractivity contribution in [1.29, 1.82) is 0 Å². The number of aromatic nitrogens is 2. The number of rotatable bonds is 3. The molecule has 0 spiro atoms. The first kappa shape index (κ1) is 14.2. The van der Waals surface area contributed by atoms with E-state index in [1.165, 1.54) is 6.20 Å². The molecule has 1 saturated carbocycles. The number of nitrogens with zero attached hydrogens (tertiary/aromatic N) is 1. The Labute approximate surface area is 116 Å². The van der Waals surface area contributed by atoms with Crippen LogP contribution in [0.1, 0.15) is 49.0 Å². The molecule has 1 heterocycles. The van der Waals surface area contributed by atoms with E-state index in [4.69, 9.17) is 5.73 Å². The lowest BCUT2D eigenvalue weighted by Gasteiger charge is -2.30. The van der Waals surface area contributed by atoms with Gasteiger partial charge in [0.25, 0.3) is 11.5 Å². The predicted molar refractivity (Wildman–Crippen MR) is 72.0 cm³/mol. The van der Waals surface area contributed by atoms with Gasteiger partial charge in [-0.3, -0.25) is 14.4 Å². The van der Waals surface area contributed by atoms with Crippen LogP contribution in [0.4, 0.5) is 0 Å². The van der Waals surface area contributed by atoms with Crippen LogP contribution < -0.4 is 16.6 Å². The summed E-state index contributed by atoms with van der Waals surface area (Å²) >= 11 is 0. The average Bonchev–Trinajstić information content (AvgIpc) is 2.66. The van der Waals surface area contributed by atoms with E-state index in [9.17, 15) is 14.4 Å². The lowest BCUT2D eigenvalue weighted by molar-refractivity contribution is -0.124. The normalized spacial score (nSPS) is 18.0. The Balaban J connectivity index is 2.19. The van der Waals surface area contributed by atoms with Gasteiger partial charge in [0.05, 0.1) is 6.20 Å². The fourth-order valence-electron chi connectivity index (χ4n) is 2.51. The van der Waals surface area contributed by atoms with Crippen molar-refractivity contribution in [2.75, 3.05) is 0 Å². The van der Waals surface area contributed by atoms with Crippen molar-refractivity contribution in [3.05, 3.63) is 28.4 Å². The molecule has 1 fully saturated rings. The molecule has 7 nitrogen and oxygen atoms in total. The first-order valence-electron chi connectivity index (χ1n) is 6.71. The Bertz CT molecular complexity index is 538. The number of carbonyl (C=O) groups excluding carboxylic acids is 2. The second-order valence-electron chi connectivity index (χ2n) is 5.11. The van der Waals surface area contributed by atoms with Crippen molar-refractivity contribution in [2.45, 2.75) is 44.1 Å². The van der Waals surface area contributed by atoms with E-state index in [0.717, 1.165) is 31.9 Å². The molecule has 20 heavy (non-hydrogen) atoms. The maximum atomic E-state index is 12.1. The van der Waals surface area contributed by atoms with E-state index in [1.807, 2.05) is 0 Å². The van der Waals surface area contributed by atoms with Gasteiger partial charge in [0.1, 0.15) is 11.2 Å². The molecule has 0 radical (unpaired) electrons. The van der Waals surface area contributed by atoms with Crippen molar-refractivity contribution in [3.63, 3.8) is 0 Å². The molecular weight excluding hydrogens is 260 g/mol. The lowest BCUT2D eigenvalue weighted by atomic mass is 9.89. The minimum absolute atomic E-state index is 0.0643. The fourth-order valence-corrected chi connectivity index (χ4v) is 2.51. The zero-order valence-corrected chi connectivity index (χ0v) is 11.1. The van der Waals surface area contributed by atoms with Crippen LogP contribution >= 0.6 is 0 Å². The van der Waals surface area contributed by atoms with Gasteiger partial charge in [-0.2, -0.15) is 0 Å². The topological polar surface area (TPSA) is 118 Å². The molecule has 0 bridgehead atoms. The smallest absolute Gasteiger partial charge is 0.272 e. The van der Waals surface area contributed by atoms with E-state index in [-0.39, 0.29) is 11.3 Å². The fraction of sp³-hybridized carbons (Fsp3) is 0.538. The van der Waals surface area contributed by atoms with E-state index >= 15 is 0 Å². The van der Waals surface area contributed by atoms with Gasteiger partial charge in [0.15, 0.2) is 0 Å². The third kappa shape index (κ3) is 3.04. The Hall–Kier alpha value is -2.18. The monoisotopic (exact) mass is 278 g/mol. The third-order valence-electron chi connectivity index (χ3n) is 3.69. The summed E-state index contributed by atoms with van der Waals surface area (Å²) in [5, 5.41) is 2.71. The molecular formula is C13H18N4O3. The van der Waals surface area contributed by atoms with Crippen LogP contribution in [0, 0.1) is 0 Å². The van der Waals surface area contributed by atoms with Crippen LogP contribution in [0.15, 0.2) is 17.2 Å². The Kier molecular flexibility index (Phi) is 4.16. The Morgan fingerprint density at radius 1 is 1.25 bits per heavy atom. The summed E-state index contributed by atoms with van der Waals surface area (Å²) in [6.45, 7) is 0. The minimum atomic E-state index is -1.01. The number of primary amides is 1. The predicted octanol–water partition coefficient (Wildman–Crippen LogP) is 0.0780. The highest BCUT2D eigenvalue weighted by Gasteiger charge is 2.38. The van der Waals surface area contributed by atoms with Crippen LogP contribution in [0.3, 0.4) is 0 Å². The molecule has 0 atom stereocenters. The molecule has 0 saturated heterocycles. The lowest BCUT2D eigenvalue weighted by Crippen LogP contribution is -2.57. The highest BCUT2D eigenvalue weighted by Crippen LogP contribution is 2.27. The molecule has 2 amide bonds.